The van der Waals surface area contributed by atoms with Crippen molar-refractivity contribution in [2.45, 2.75) is 31.6 Å². The van der Waals surface area contributed by atoms with Gasteiger partial charge in [0.2, 0.25) is 0 Å². The molecule has 0 saturated heterocycles. The molecular weight excluding hydrogens is 390 g/mol. The van der Waals surface area contributed by atoms with Gasteiger partial charge in [-0.25, -0.2) is 15.0 Å². The number of Topliss-reactive ketones (excluding diaryl/α,β-unsaturated/α-hetero) is 1. The number of H-pyrrole nitrogens is 1. The van der Waals surface area contributed by atoms with Gasteiger partial charge in [-0.2, -0.15) is 0 Å². The largest absolute Gasteiger partial charge is 0.340 e. The molecule has 154 valence electrons. The Bertz CT molecular complexity index is 1290. The van der Waals surface area contributed by atoms with Gasteiger partial charge in [0.1, 0.15) is 17.9 Å². The average Bonchev–Trinajstić information content (AvgIpc) is 2.81. The number of nitrogens with one attached hydrogen (secondary N) is 2. The fraction of sp³-hybridized carbons (Fsp3) is 0.208. The zero-order valence-corrected chi connectivity index (χ0v) is 16.8. The van der Waals surface area contributed by atoms with Crippen molar-refractivity contribution in [1.29, 1.82) is 0 Å². The molecule has 2 N–H and O–H groups in total. The highest BCUT2D eigenvalue weighted by Crippen LogP contribution is 2.32. The molecule has 0 bridgehead atoms. The average molecular weight is 411 g/mol. The lowest BCUT2D eigenvalue weighted by Gasteiger charge is -2.21. The molecule has 0 radical (unpaired) electrons. The van der Waals surface area contributed by atoms with Crippen LogP contribution in [-0.2, 0) is 4.79 Å². The quantitative estimate of drug-likeness (QED) is 0.518. The minimum atomic E-state index is -0.202. The summed E-state index contributed by atoms with van der Waals surface area (Å²) in [7, 11) is 0. The number of aromatic amines is 1. The van der Waals surface area contributed by atoms with Gasteiger partial charge < -0.3 is 10.3 Å². The lowest BCUT2D eigenvalue weighted by atomic mass is 9.83. The van der Waals surface area contributed by atoms with Crippen LogP contribution in [0.4, 0.5) is 11.5 Å². The molecule has 3 aromatic heterocycles. The van der Waals surface area contributed by atoms with Gasteiger partial charge in [-0.05, 0) is 54.0 Å². The summed E-state index contributed by atoms with van der Waals surface area (Å²) in [6.07, 6.45) is 9.65. The molecule has 1 aliphatic rings. The molecular formula is C24H21N5O2. The highest BCUT2D eigenvalue weighted by Gasteiger charge is 2.20. The Hall–Kier alpha value is -3.87. The summed E-state index contributed by atoms with van der Waals surface area (Å²) >= 11 is 0. The fourth-order valence-corrected chi connectivity index (χ4v) is 4.13. The summed E-state index contributed by atoms with van der Waals surface area (Å²) in [5.41, 5.74) is 3.34. The van der Waals surface area contributed by atoms with Gasteiger partial charge in [-0.15, -0.1) is 0 Å². The maximum atomic E-state index is 12.5. The molecule has 0 aliphatic heterocycles. The molecule has 1 aromatic carbocycles. The van der Waals surface area contributed by atoms with E-state index in [1.165, 1.54) is 11.9 Å². The maximum absolute atomic E-state index is 12.5. The van der Waals surface area contributed by atoms with Crippen molar-refractivity contribution in [3.8, 4) is 11.3 Å². The summed E-state index contributed by atoms with van der Waals surface area (Å²) in [5.74, 6) is 1.27. The number of aromatic nitrogens is 4. The standard InChI is InChI=1S/C24H21N5O2/c30-20-7-3-16(4-8-20)15-1-5-19(6-2-15)28-23-22-17(9-10-27-24(22)31)11-21(29-23)18-12-25-14-26-13-18/h1-2,5-6,9-14,16H,3-4,7-8H2,(H,27,31)(H,28,29). The number of benzene rings is 1. The smallest absolute Gasteiger partial charge is 0.259 e. The molecule has 0 atom stereocenters. The van der Waals surface area contributed by atoms with E-state index in [2.05, 4.69) is 32.4 Å². The summed E-state index contributed by atoms with van der Waals surface area (Å²) in [5, 5.41) is 4.59. The highest BCUT2D eigenvalue weighted by atomic mass is 16.1. The van der Waals surface area contributed by atoms with E-state index in [1.54, 1.807) is 18.6 Å². The van der Waals surface area contributed by atoms with Crippen LogP contribution >= 0.6 is 0 Å². The Morgan fingerprint density at radius 2 is 1.71 bits per heavy atom. The molecule has 4 aromatic rings. The number of anilines is 2. The number of hydrogen-bond donors (Lipinski definition) is 2. The van der Waals surface area contributed by atoms with Crippen molar-refractivity contribution < 1.29 is 4.79 Å². The van der Waals surface area contributed by atoms with Gasteiger partial charge in [0.15, 0.2) is 0 Å². The zero-order chi connectivity index (χ0) is 21.2. The van der Waals surface area contributed by atoms with Crippen molar-refractivity contribution in [3.05, 3.63) is 77.2 Å². The molecule has 3 heterocycles. The topological polar surface area (TPSA) is 101 Å². The summed E-state index contributed by atoms with van der Waals surface area (Å²) in [6, 6.07) is 11.9. The number of hydrogen-bond acceptors (Lipinski definition) is 6. The van der Waals surface area contributed by atoms with Crippen LogP contribution in [0.25, 0.3) is 22.0 Å². The number of carbonyl (C=O) groups excluding carboxylic acids is 1. The molecule has 31 heavy (non-hydrogen) atoms. The monoisotopic (exact) mass is 411 g/mol. The van der Waals surface area contributed by atoms with E-state index in [4.69, 9.17) is 4.98 Å². The number of rotatable bonds is 4. The number of nitrogens with zero attached hydrogens (tertiary/aromatic N) is 3. The van der Waals surface area contributed by atoms with Crippen molar-refractivity contribution in [2.24, 2.45) is 0 Å². The van der Waals surface area contributed by atoms with Crippen LogP contribution in [0.2, 0.25) is 0 Å². The Labute approximate surface area is 178 Å². The third-order valence-electron chi connectivity index (χ3n) is 5.80. The Balaban J connectivity index is 1.49. The van der Waals surface area contributed by atoms with E-state index in [-0.39, 0.29) is 5.56 Å². The molecule has 1 fully saturated rings. The zero-order valence-electron chi connectivity index (χ0n) is 16.8. The Kier molecular flexibility index (Phi) is 5.00. The van der Waals surface area contributed by atoms with Crippen molar-refractivity contribution in [2.75, 3.05) is 5.32 Å². The number of ketones is 1. The van der Waals surface area contributed by atoms with Crippen molar-refractivity contribution in [3.63, 3.8) is 0 Å². The highest BCUT2D eigenvalue weighted by molar-refractivity contribution is 5.95. The SMILES string of the molecule is O=C1CCC(c2ccc(Nc3nc(-c4cncnc4)cc4cc[nH]c(=O)c34)cc2)CC1. The van der Waals surface area contributed by atoms with Crippen LogP contribution in [0.5, 0.6) is 0 Å². The number of carbonyl (C=O) groups is 1. The van der Waals surface area contributed by atoms with Crippen LogP contribution in [0.15, 0.2) is 66.1 Å². The van der Waals surface area contributed by atoms with Crippen molar-refractivity contribution in [1.82, 2.24) is 19.9 Å². The molecule has 5 rings (SSSR count). The Morgan fingerprint density at radius 1 is 0.968 bits per heavy atom. The molecule has 1 aliphatic carbocycles. The first kappa shape index (κ1) is 19.1. The van der Waals surface area contributed by atoms with Crippen LogP contribution in [0.3, 0.4) is 0 Å². The summed E-state index contributed by atoms with van der Waals surface area (Å²) in [6.45, 7) is 0. The van der Waals surface area contributed by atoms with E-state index < -0.39 is 0 Å². The van der Waals surface area contributed by atoms with Gasteiger partial charge in [0, 0.05) is 42.7 Å². The molecule has 1 saturated carbocycles. The number of pyridine rings is 2. The fourth-order valence-electron chi connectivity index (χ4n) is 4.13. The van der Waals surface area contributed by atoms with E-state index in [0.29, 0.717) is 41.4 Å². The van der Waals surface area contributed by atoms with E-state index in [9.17, 15) is 9.59 Å². The third-order valence-corrected chi connectivity index (χ3v) is 5.80. The van der Waals surface area contributed by atoms with E-state index in [1.807, 2.05) is 24.3 Å². The first-order chi connectivity index (χ1) is 15.2. The van der Waals surface area contributed by atoms with E-state index in [0.717, 1.165) is 29.5 Å². The predicted octanol–water partition coefficient (Wildman–Crippen LogP) is 4.35. The normalized spacial score (nSPS) is 14.6. The summed E-state index contributed by atoms with van der Waals surface area (Å²) < 4.78 is 0. The minimum Gasteiger partial charge on any atom is -0.340 e. The molecule has 7 heteroatoms. The molecule has 0 unspecified atom stereocenters. The lowest BCUT2D eigenvalue weighted by molar-refractivity contribution is -0.120. The van der Waals surface area contributed by atoms with Gasteiger partial charge in [-0.1, -0.05) is 12.1 Å². The summed E-state index contributed by atoms with van der Waals surface area (Å²) in [4.78, 5) is 39.6. The Morgan fingerprint density at radius 3 is 2.45 bits per heavy atom. The molecule has 0 amide bonds. The van der Waals surface area contributed by atoms with E-state index >= 15 is 0 Å². The van der Waals surface area contributed by atoms with Gasteiger partial charge in [0.25, 0.3) is 5.56 Å². The second kappa shape index (κ2) is 8.10. The molecule has 0 spiro atoms. The van der Waals surface area contributed by atoms with Crippen LogP contribution in [0, 0.1) is 0 Å². The second-order valence-corrected chi connectivity index (χ2v) is 7.81. The molecule has 7 nitrogen and oxygen atoms in total. The van der Waals surface area contributed by atoms with Crippen LogP contribution < -0.4 is 10.9 Å². The number of fused-ring (bicyclic) bond motifs is 1. The predicted molar refractivity (Wildman–Crippen MR) is 119 cm³/mol. The van der Waals surface area contributed by atoms with Gasteiger partial charge in [0.05, 0.1) is 11.1 Å². The first-order valence-electron chi connectivity index (χ1n) is 10.3. The van der Waals surface area contributed by atoms with Gasteiger partial charge >= 0.3 is 0 Å². The lowest BCUT2D eigenvalue weighted by Crippen LogP contribution is -2.12. The van der Waals surface area contributed by atoms with Crippen molar-refractivity contribution >= 4 is 28.1 Å². The van der Waals surface area contributed by atoms with Crippen LogP contribution in [-0.4, -0.2) is 25.7 Å². The van der Waals surface area contributed by atoms with Gasteiger partial charge in [-0.3, -0.25) is 9.59 Å². The maximum Gasteiger partial charge on any atom is 0.259 e. The van der Waals surface area contributed by atoms with Crippen LogP contribution in [0.1, 0.15) is 37.2 Å². The second-order valence-electron chi connectivity index (χ2n) is 7.81. The minimum absolute atomic E-state index is 0.202. The first-order valence-corrected chi connectivity index (χ1v) is 10.3. The third kappa shape index (κ3) is 3.94.